The standard InChI is InChI=1S/C61H34N4O3/c1-2-13-36-33-51-47(30-35(36)12-1)40-14-3-7-19-50(40)65(51)39-26-27-44(46(34-39)43-18-11-23-57-58(43)45-17-6-10-22-54(45)68-57)61-63-59(37-24-28-55-48(31-37)41-15-4-8-20-52(41)66-55)62-60(64-61)38-25-29-56-49(32-38)42-16-5-9-21-53(42)67-56/h1-34H. The Hall–Kier alpha value is -9.33. The van der Waals surface area contributed by atoms with Crippen molar-refractivity contribution in [1.29, 1.82) is 0 Å². The van der Waals surface area contributed by atoms with Gasteiger partial charge in [-0.05, 0) is 119 Å². The second kappa shape index (κ2) is 14.1. The highest BCUT2D eigenvalue weighted by Gasteiger charge is 2.23. The molecule has 0 saturated carbocycles. The van der Waals surface area contributed by atoms with Crippen LogP contribution in [0.4, 0.5) is 0 Å². The lowest BCUT2D eigenvalue weighted by atomic mass is 9.94. The molecule has 0 fully saturated rings. The summed E-state index contributed by atoms with van der Waals surface area (Å²) in [5.41, 5.74) is 12.7. The molecule has 0 unspecified atom stereocenters. The molecule has 0 bridgehead atoms. The lowest BCUT2D eigenvalue weighted by Gasteiger charge is -2.16. The van der Waals surface area contributed by atoms with Crippen LogP contribution in [0.25, 0.3) is 149 Å². The Bertz CT molecular complexity index is 4460. The van der Waals surface area contributed by atoms with Crippen molar-refractivity contribution in [1.82, 2.24) is 19.5 Å². The first-order chi connectivity index (χ1) is 33.7. The number of para-hydroxylation sites is 4. The Morgan fingerprint density at radius 3 is 1.51 bits per heavy atom. The fourth-order valence-corrected chi connectivity index (χ4v) is 10.5. The molecule has 316 valence electrons. The summed E-state index contributed by atoms with van der Waals surface area (Å²) in [7, 11) is 0. The van der Waals surface area contributed by atoms with Gasteiger partial charge in [0.05, 0.1) is 11.0 Å². The van der Waals surface area contributed by atoms with Crippen molar-refractivity contribution in [2.24, 2.45) is 0 Å². The van der Waals surface area contributed by atoms with E-state index < -0.39 is 0 Å². The first-order valence-corrected chi connectivity index (χ1v) is 22.7. The third kappa shape index (κ3) is 5.50. The summed E-state index contributed by atoms with van der Waals surface area (Å²) < 4.78 is 21.4. The molecule has 0 aliphatic heterocycles. The Kier molecular flexibility index (Phi) is 7.65. The van der Waals surface area contributed by atoms with E-state index in [0.717, 1.165) is 110 Å². The minimum absolute atomic E-state index is 0.541. The first-order valence-electron chi connectivity index (χ1n) is 22.7. The van der Waals surface area contributed by atoms with Crippen molar-refractivity contribution in [2.45, 2.75) is 0 Å². The van der Waals surface area contributed by atoms with E-state index in [1.54, 1.807) is 0 Å². The van der Waals surface area contributed by atoms with Crippen LogP contribution in [0.3, 0.4) is 0 Å². The number of fused-ring (bicyclic) bond motifs is 13. The van der Waals surface area contributed by atoms with Gasteiger partial charge in [0.1, 0.15) is 33.5 Å². The van der Waals surface area contributed by atoms with Gasteiger partial charge in [-0.1, -0.05) is 109 Å². The minimum atomic E-state index is 0.541. The van der Waals surface area contributed by atoms with Gasteiger partial charge in [-0.15, -0.1) is 0 Å². The van der Waals surface area contributed by atoms with Crippen molar-refractivity contribution < 1.29 is 13.3 Å². The molecule has 0 N–H and O–H groups in total. The van der Waals surface area contributed by atoms with Crippen LogP contribution in [-0.4, -0.2) is 19.5 Å². The third-order valence-electron chi connectivity index (χ3n) is 13.6. The monoisotopic (exact) mass is 870 g/mol. The molecular weight excluding hydrogens is 837 g/mol. The second-order valence-electron chi connectivity index (χ2n) is 17.5. The molecule has 0 atom stereocenters. The molecular formula is C61H34N4O3. The highest BCUT2D eigenvalue weighted by molar-refractivity contribution is 6.16. The summed E-state index contributed by atoms with van der Waals surface area (Å²) in [5, 5.41) is 10.9. The van der Waals surface area contributed by atoms with Gasteiger partial charge < -0.3 is 17.8 Å². The van der Waals surface area contributed by atoms with Gasteiger partial charge in [0.25, 0.3) is 0 Å². The smallest absolute Gasteiger partial charge is 0.164 e. The SMILES string of the molecule is c1ccc2cc3c(cc2c1)c1ccccc1n3-c1ccc(-c2nc(-c3ccc4oc5ccccc5c4c3)nc(-c3ccc4oc5ccccc5c4c3)n2)c(-c2cccc3oc4ccccc4c23)c1. The highest BCUT2D eigenvalue weighted by Crippen LogP contribution is 2.44. The lowest BCUT2D eigenvalue weighted by Crippen LogP contribution is -2.02. The summed E-state index contributed by atoms with van der Waals surface area (Å²) in [6.45, 7) is 0. The van der Waals surface area contributed by atoms with Gasteiger partial charge >= 0.3 is 0 Å². The van der Waals surface area contributed by atoms with Crippen LogP contribution < -0.4 is 0 Å². The highest BCUT2D eigenvalue weighted by atomic mass is 16.3. The van der Waals surface area contributed by atoms with E-state index in [1.165, 1.54) is 21.5 Å². The van der Waals surface area contributed by atoms with Gasteiger partial charge in [-0.2, -0.15) is 0 Å². The Labute approximate surface area is 386 Å². The molecule has 0 aliphatic rings. The molecule has 0 amide bonds. The van der Waals surface area contributed by atoms with Crippen LogP contribution in [0.5, 0.6) is 0 Å². The van der Waals surface area contributed by atoms with E-state index in [0.29, 0.717) is 17.5 Å². The van der Waals surface area contributed by atoms with Crippen molar-refractivity contribution in [3.63, 3.8) is 0 Å². The maximum atomic E-state index is 6.53. The molecule has 15 rings (SSSR count). The largest absolute Gasteiger partial charge is 0.456 e. The molecule has 0 aliphatic carbocycles. The summed E-state index contributed by atoms with van der Waals surface area (Å²) in [4.78, 5) is 16.1. The quantitative estimate of drug-likeness (QED) is 0.171. The molecule has 15 aromatic rings. The summed E-state index contributed by atoms with van der Waals surface area (Å²) in [6, 6.07) is 71.7. The van der Waals surface area contributed by atoms with Crippen molar-refractivity contribution in [2.75, 3.05) is 0 Å². The second-order valence-corrected chi connectivity index (χ2v) is 17.5. The molecule has 7 heteroatoms. The number of hydrogen-bond acceptors (Lipinski definition) is 6. The Morgan fingerprint density at radius 2 is 0.824 bits per heavy atom. The summed E-state index contributed by atoms with van der Waals surface area (Å²) in [5.74, 6) is 1.63. The average Bonchev–Trinajstić information content (AvgIpc) is 4.16. The van der Waals surface area contributed by atoms with Gasteiger partial charge in [0.15, 0.2) is 17.5 Å². The van der Waals surface area contributed by atoms with Gasteiger partial charge in [-0.3, -0.25) is 0 Å². The van der Waals surface area contributed by atoms with Crippen LogP contribution in [0.15, 0.2) is 220 Å². The van der Waals surface area contributed by atoms with E-state index in [9.17, 15) is 0 Å². The molecule has 10 aromatic carbocycles. The van der Waals surface area contributed by atoms with Crippen LogP contribution in [0, 0.1) is 0 Å². The van der Waals surface area contributed by atoms with Crippen molar-refractivity contribution in [3.8, 4) is 51.0 Å². The summed E-state index contributed by atoms with van der Waals surface area (Å²) in [6.07, 6.45) is 0. The number of rotatable bonds is 5. The maximum Gasteiger partial charge on any atom is 0.164 e. The van der Waals surface area contributed by atoms with Crippen molar-refractivity contribution >= 4 is 98.4 Å². The minimum Gasteiger partial charge on any atom is -0.456 e. The van der Waals surface area contributed by atoms with Crippen LogP contribution in [-0.2, 0) is 0 Å². The number of furan rings is 3. The molecule has 5 aromatic heterocycles. The van der Waals surface area contributed by atoms with E-state index >= 15 is 0 Å². The van der Waals surface area contributed by atoms with Crippen LogP contribution in [0.2, 0.25) is 0 Å². The predicted molar refractivity (Wildman–Crippen MR) is 275 cm³/mol. The fraction of sp³-hybridized carbons (Fsp3) is 0. The number of aromatic nitrogens is 4. The van der Waals surface area contributed by atoms with Gasteiger partial charge in [-0.25, -0.2) is 15.0 Å². The molecule has 7 nitrogen and oxygen atoms in total. The topological polar surface area (TPSA) is 83.0 Å². The lowest BCUT2D eigenvalue weighted by molar-refractivity contribution is 0.668. The predicted octanol–water partition coefficient (Wildman–Crippen LogP) is 16.5. The van der Waals surface area contributed by atoms with E-state index in [4.69, 9.17) is 28.2 Å². The van der Waals surface area contributed by atoms with E-state index in [1.807, 2.05) is 78.9 Å². The summed E-state index contributed by atoms with van der Waals surface area (Å²) >= 11 is 0. The Balaban J connectivity index is 1.02. The fourth-order valence-electron chi connectivity index (χ4n) is 10.5. The molecule has 5 heterocycles. The third-order valence-corrected chi connectivity index (χ3v) is 13.6. The zero-order chi connectivity index (χ0) is 44.5. The van der Waals surface area contributed by atoms with Crippen molar-refractivity contribution in [3.05, 3.63) is 206 Å². The average molecular weight is 871 g/mol. The van der Waals surface area contributed by atoms with Crippen LogP contribution in [0.1, 0.15) is 0 Å². The zero-order valence-corrected chi connectivity index (χ0v) is 36.1. The first kappa shape index (κ1) is 36.9. The number of hydrogen-bond donors (Lipinski definition) is 0. The number of nitrogens with zero attached hydrogens (tertiary/aromatic N) is 4. The number of benzene rings is 10. The molecule has 0 radical (unpaired) electrons. The Morgan fingerprint density at radius 1 is 0.294 bits per heavy atom. The molecule has 68 heavy (non-hydrogen) atoms. The zero-order valence-electron chi connectivity index (χ0n) is 36.1. The van der Waals surface area contributed by atoms with E-state index in [2.05, 4.69) is 132 Å². The van der Waals surface area contributed by atoms with Crippen LogP contribution >= 0.6 is 0 Å². The van der Waals surface area contributed by atoms with Gasteiger partial charge in [0.2, 0.25) is 0 Å². The normalized spacial score (nSPS) is 12.1. The molecule has 0 spiro atoms. The van der Waals surface area contributed by atoms with Gasteiger partial charge in [0, 0.05) is 65.5 Å². The van der Waals surface area contributed by atoms with E-state index in [-0.39, 0.29) is 0 Å². The molecule has 0 saturated heterocycles. The maximum absolute atomic E-state index is 6.53.